The minimum Gasteiger partial charge on any atom is -0.314 e. The maximum absolute atomic E-state index is 6.21. The van der Waals surface area contributed by atoms with E-state index < -0.39 is 0 Å². The Bertz CT molecular complexity index is 464. The molecule has 1 aromatic rings. The Morgan fingerprint density at radius 1 is 1.20 bits per heavy atom. The number of hydrogen-bond acceptors (Lipinski definition) is 2. The Labute approximate surface area is 131 Å². The number of halogens is 2. The Kier molecular flexibility index (Phi) is 4.87. The minimum absolute atomic E-state index is 0.681. The van der Waals surface area contributed by atoms with E-state index in [1.54, 1.807) is 0 Å². The summed E-state index contributed by atoms with van der Waals surface area (Å²) in [5.41, 5.74) is 1.18. The first-order chi connectivity index (χ1) is 9.72. The highest BCUT2D eigenvalue weighted by Gasteiger charge is 2.31. The molecule has 1 N–H and O–H groups in total. The Hall–Kier alpha value is -0.280. The first-order valence-electron chi connectivity index (χ1n) is 7.64. The van der Waals surface area contributed by atoms with Crippen LogP contribution in [-0.2, 0) is 6.42 Å². The second-order valence-electron chi connectivity index (χ2n) is 5.99. The smallest absolute Gasteiger partial charge is 0.0453 e. The molecule has 2 aliphatic heterocycles. The summed E-state index contributed by atoms with van der Waals surface area (Å²) in [7, 11) is 0. The Balaban J connectivity index is 1.45. The number of fused-ring (bicyclic) bond motifs is 1. The molecule has 0 aliphatic carbocycles. The molecule has 20 heavy (non-hydrogen) atoms. The highest BCUT2D eigenvalue weighted by Crippen LogP contribution is 2.27. The van der Waals surface area contributed by atoms with Crippen LogP contribution >= 0.6 is 23.2 Å². The molecule has 0 bridgehead atoms. The van der Waals surface area contributed by atoms with Crippen molar-refractivity contribution in [3.63, 3.8) is 0 Å². The van der Waals surface area contributed by atoms with Crippen LogP contribution in [0.15, 0.2) is 18.2 Å². The lowest BCUT2D eigenvalue weighted by molar-refractivity contribution is 0.167. The van der Waals surface area contributed by atoms with Gasteiger partial charge in [0.15, 0.2) is 0 Å². The van der Waals surface area contributed by atoms with E-state index in [0.717, 1.165) is 24.0 Å². The first kappa shape index (κ1) is 14.6. The van der Waals surface area contributed by atoms with Crippen LogP contribution < -0.4 is 5.32 Å². The summed E-state index contributed by atoms with van der Waals surface area (Å²) in [5, 5.41) is 5.20. The molecule has 0 spiro atoms. The second kappa shape index (κ2) is 6.65. The number of nitrogens with zero attached hydrogens (tertiary/aromatic N) is 1. The van der Waals surface area contributed by atoms with Gasteiger partial charge in [0.2, 0.25) is 0 Å². The average Bonchev–Trinajstić information content (AvgIpc) is 2.89. The van der Waals surface area contributed by atoms with Crippen LogP contribution in [0.2, 0.25) is 10.0 Å². The molecule has 3 rings (SSSR count). The molecular weight excluding hydrogens is 291 g/mol. The average molecular weight is 313 g/mol. The van der Waals surface area contributed by atoms with Crippen LogP contribution in [0.4, 0.5) is 0 Å². The van der Waals surface area contributed by atoms with Crippen molar-refractivity contribution >= 4 is 23.2 Å². The molecule has 2 aliphatic rings. The van der Waals surface area contributed by atoms with Crippen molar-refractivity contribution < 1.29 is 0 Å². The van der Waals surface area contributed by atoms with Gasteiger partial charge in [0.05, 0.1) is 0 Å². The number of nitrogens with one attached hydrogen (secondary N) is 1. The predicted octanol–water partition coefficient (Wildman–Crippen LogP) is 3.75. The molecule has 2 atom stereocenters. The molecular formula is C16H22Cl2N2. The van der Waals surface area contributed by atoms with Gasteiger partial charge in [-0.15, -0.1) is 0 Å². The van der Waals surface area contributed by atoms with E-state index in [2.05, 4.69) is 10.2 Å². The lowest BCUT2D eigenvalue weighted by atomic mass is 9.97. The zero-order valence-corrected chi connectivity index (χ0v) is 13.3. The van der Waals surface area contributed by atoms with Crippen LogP contribution in [0.3, 0.4) is 0 Å². The third kappa shape index (κ3) is 3.48. The number of rotatable bonds is 4. The molecule has 2 fully saturated rings. The highest BCUT2D eigenvalue weighted by atomic mass is 35.5. The van der Waals surface area contributed by atoms with Crippen molar-refractivity contribution in [3.8, 4) is 0 Å². The summed E-state index contributed by atoms with van der Waals surface area (Å²) in [4.78, 5) is 2.66. The standard InChI is InChI=1S/C16H22Cl2N2/c17-13-4-3-12(16(18)10-13)5-7-19-14-6-9-20-8-1-2-15(20)11-14/h3-4,10,14-15,19H,1-2,5-9,11H2. The molecule has 2 unspecified atom stereocenters. The first-order valence-corrected chi connectivity index (χ1v) is 8.39. The van der Waals surface area contributed by atoms with Gasteiger partial charge in [-0.1, -0.05) is 29.3 Å². The lowest BCUT2D eigenvalue weighted by Gasteiger charge is -2.35. The van der Waals surface area contributed by atoms with E-state index in [-0.39, 0.29) is 0 Å². The fraction of sp³-hybridized carbons (Fsp3) is 0.625. The second-order valence-corrected chi connectivity index (χ2v) is 6.84. The largest absolute Gasteiger partial charge is 0.314 e. The maximum atomic E-state index is 6.21. The number of piperidine rings is 1. The van der Waals surface area contributed by atoms with Crippen LogP contribution in [-0.4, -0.2) is 36.6 Å². The van der Waals surface area contributed by atoms with Gasteiger partial charge in [-0.2, -0.15) is 0 Å². The molecule has 1 aromatic carbocycles. The van der Waals surface area contributed by atoms with Crippen LogP contribution in [0, 0.1) is 0 Å². The molecule has 0 saturated carbocycles. The van der Waals surface area contributed by atoms with Gasteiger partial charge in [0.1, 0.15) is 0 Å². The van der Waals surface area contributed by atoms with Crippen molar-refractivity contribution in [2.45, 2.75) is 44.2 Å². The molecule has 2 saturated heterocycles. The third-order valence-corrected chi connectivity index (χ3v) is 5.25. The summed E-state index contributed by atoms with van der Waals surface area (Å²) >= 11 is 12.1. The molecule has 4 heteroatoms. The number of benzene rings is 1. The summed E-state index contributed by atoms with van der Waals surface area (Å²) in [6.45, 7) is 3.58. The molecule has 0 aromatic heterocycles. The fourth-order valence-corrected chi connectivity index (χ4v) is 4.05. The Morgan fingerprint density at radius 3 is 2.95 bits per heavy atom. The van der Waals surface area contributed by atoms with Gasteiger partial charge < -0.3 is 10.2 Å². The maximum Gasteiger partial charge on any atom is 0.0453 e. The van der Waals surface area contributed by atoms with E-state index in [0.29, 0.717) is 11.1 Å². The fourth-order valence-electron chi connectivity index (χ4n) is 3.55. The summed E-state index contributed by atoms with van der Waals surface area (Å²) in [6, 6.07) is 7.29. The van der Waals surface area contributed by atoms with Crippen LogP contribution in [0.25, 0.3) is 0 Å². The number of hydrogen-bond donors (Lipinski definition) is 1. The SMILES string of the molecule is Clc1ccc(CCNC2CCN3CCCC3C2)c(Cl)c1. The summed E-state index contributed by atoms with van der Waals surface area (Å²) < 4.78 is 0. The zero-order chi connectivity index (χ0) is 13.9. The van der Waals surface area contributed by atoms with Crippen LogP contribution in [0.1, 0.15) is 31.2 Å². The van der Waals surface area contributed by atoms with Crippen molar-refractivity contribution in [2.24, 2.45) is 0 Å². The van der Waals surface area contributed by atoms with Crippen molar-refractivity contribution in [2.75, 3.05) is 19.6 Å². The molecule has 2 heterocycles. The predicted molar refractivity (Wildman–Crippen MR) is 85.8 cm³/mol. The zero-order valence-electron chi connectivity index (χ0n) is 11.7. The van der Waals surface area contributed by atoms with Crippen molar-refractivity contribution in [1.29, 1.82) is 0 Å². The molecule has 0 amide bonds. The van der Waals surface area contributed by atoms with E-state index in [9.17, 15) is 0 Å². The molecule has 0 radical (unpaired) electrons. The monoisotopic (exact) mass is 312 g/mol. The van der Waals surface area contributed by atoms with Crippen LogP contribution in [0.5, 0.6) is 0 Å². The quantitative estimate of drug-likeness (QED) is 0.911. The van der Waals surface area contributed by atoms with Gasteiger partial charge in [-0.3, -0.25) is 0 Å². The van der Waals surface area contributed by atoms with Gasteiger partial charge in [0.25, 0.3) is 0 Å². The highest BCUT2D eigenvalue weighted by molar-refractivity contribution is 6.35. The van der Waals surface area contributed by atoms with Gasteiger partial charge >= 0.3 is 0 Å². The topological polar surface area (TPSA) is 15.3 Å². The van der Waals surface area contributed by atoms with E-state index in [1.807, 2.05) is 18.2 Å². The molecule has 110 valence electrons. The van der Waals surface area contributed by atoms with E-state index in [4.69, 9.17) is 23.2 Å². The van der Waals surface area contributed by atoms with Crippen molar-refractivity contribution in [3.05, 3.63) is 33.8 Å². The Morgan fingerprint density at radius 2 is 2.10 bits per heavy atom. The third-order valence-electron chi connectivity index (χ3n) is 4.66. The van der Waals surface area contributed by atoms with E-state index in [1.165, 1.54) is 44.3 Å². The summed E-state index contributed by atoms with van der Waals surface area (Å²) in [6.07, 6.45) is 6.35. The minimum atomic E-state index is 0.681. The summed E-state index contributed by atoms with van der Waals surface area (Å²) in [5.74, 6) is 0. The van der Waals surface area contributed by atoms with Crippen molar-refractivity contribution in [1.82, 2.24) is 10.2 Å². The van der Waals surface area contributed by atoms with Gasteiger partial charge in [-0.25, -0.2) is 0 Å². The normalized spacial score (nSPS) is 26.7. The molecule has 2 nitrogen and oxygen atoms in total. The lowest BCUT2D eigenvalue weighted by Crippen LogP contribution is -2.46. The van der Waals surface area contributed by atoms with E-state index >= 15 is 0 Å². The van der Waals surface area contributed by atoms with Gasteiger partial charge in [-0.05, 0) is 69.4 Å². The van der Waals surface area contributed by atoms with Gasteiger partial charge in [0, 0.05) is 22.1 Å².